The van der Waals surface area contributed by atoms with Crippen LogP contribution in [0, 0.1) is 5.41 Å². The first-order valence-electron chi connectivity index (χ1n) is 9.08. The number of hydrogen-bond donors (Lipinski definition) is 0. The van der Waals surface area contributed by atoms with Gasteiger partial charge in [0.25, 0.3) is 0 Å². The molecule has 1 saturated heterocycles. The van der Waals surface area contributed by atoms with Crippen LogP contribution in [0.15, 0.2) is 35.5 Å². The zero-order valence-electron chi connectivity index (χ0n) is 15.7. The second kappa shape index (κ2) is 8.08. The Morgan fingerprint density at radius 1 is 1.35 bits per heavy atom. The molecule has 0 bridgehead atoms. The fraction of sp³-hybridized carbons (Fsp3) is 0.500. The average Bonchev–Trinajstić information content (AvgIpc) is 3.07. The highest BCUT2D eigenvalue weighted by Crippen LogP contribution is 2.35. The number of aromatic nitrogens is 3. The Morgan fingerprint density at radius 3 is 2.85 bits per heavy atom. The smallest absolute Gasteiger partial charge is 0.222 e. The zero-order chi connectivity index (χ0) is 18.6. The molecule has 2 aromatic heterocycles. The minimum Gasteiger partial charge on any atom is -0.336 e. The SMILES string of the molecule is CC(C)=CCC[C@]1(C)CCC(=O)N(Cc2csc(-c3ncccn3)n2)C1. The van der Waals surface area contributed by atoms with Crippen molar-refractivity contribution < 1.29 is 4.79 Å². The second-order valence-corrected chi connectivity index (χ2v) is 8.46. The molecule has 0 aliphatic carbocycles. The molecule has 0 spiro atoms. The molecule has 2 aromatic rings. The van der Waals surface area contributed by atoms with Crippen LogP contribution in [0.3, 0.4) is 0 Å². The summed E-state index contributed by atoms with van der Waals surface area (Å²) < 4.78 is 0. The van der Waals surface area contributed by atoms with E-state index < -0.39 is 0 Å². The Labute approximate surface area is 159 Å². The van der Waals surface area contributed by atoms with Crippen LogP contribution in [0.1, 0.15) is 52.1 Å². The first-order valence-corrected chi connectivity index (χ1v) is 9.96. The van der Waals surface area contributed by atoms with Crippen molar-refractivity contribution in [2.45, 2.75) is 53.0 Å². The molecule has 6 heteroatoms. The fourth-order valence-electron chi connectivity index (χ4n) is 3.34. The number of rotatable bonds is 6. The molecule has 138 valence electrons. The topological polar surface area (TPSA) is 59.0 Å². The molecule has 0 N–H and O–H groups in total. The van der Waals surface area contributed by atoms with E-state index >= 15 is 0 Å². The van der Waals surface area contributed by atoms with Gasteiger partial charge in [-0.25, -0.2) is 15.0 Å². The average molecular weight is 371 g/mol. The summed E-state index contributed by atoms with van der Waals surface area (Å²) in [6.45, 7) is 7.94. The lowest BCUT2D eigenvalue weighted by Gasteiger charge is -2.40. The maximum Gasteiger partial charge on any atom is 0.222 e. The number of likely N-dealkylation sites (tertiary alicyclic amines) is 1. The Kier molecular flexibility index (Phi) is 5.81. The van der Waals surface area contributed by atoms with Gasteiger partial charge in [-0.15, -0.1) is 11.3 Å². The number of nitrogens with zero attached hydrogens (tertiary/aromatic N) is 4. The van der Waals surface area contributed by atoms with Crippen molar-refractivity contribution in [3.05, 3.63) is 41.2 Å². The summed E-state index contributed by atoms with van der Waals surface area (Å²) >= 11 is 1.53. The van der Waals surface area contributed by atoms with Gasteiger partial charge in [0.05, 0.1) is 12.2 Å². The molecule has 1 amide bonds. The number of amides is 1. The molecule has 1 aliphatic rings. The third-order valence-electron chi connectivity index (χ3n) is 4.83. The monoisotopic (exact) mass is 370 g/mol. The third-order valence-corrected chi connectivity index (χ3v) is 5.72. The maximum atomic E-state index is 12.4. The Bertz CT molecular complexity index is 782. The van der Waals surface area contributed by atoms with Gasteiger partial charge in [0.15, 0.2) is 10.8 Å². The van der Waals surface area contributed by atoms with Gasteiger partial charge < -0.3 is 4.90 Å². The lowest BCUT2D eigenvalue weighted by molar-refractivity contribution is -0.138. The van der Waals surface area contributed by atoms with Crippen LogP contribution in [-0.2, 0) is 11.3 Å². The van der Waals surface area contributed by atoms with Crippen molar-refractivity contribution in [2.24, 2.45) is 5.41 Å². The van der Waals surface area contributed by atoms with Crippen LogP contribution in [0.2, 0.25) is 0 Å². The molecule has 26 heavy (non-hydrogen) atoms. The van der Waals surface area contributed by atoms with Crippen LogP contribution >= 0.6 is 11.3 Å². The minimum atomic E-state index is 0.182. The van der Waals surface area contributed by atoms with E-state index in [4.69, 9.17) is 0 Å². The number of allylic oxidation sites excluding steroid dienone is 2. The highest BCUT2D eigenvalue weighted by Gasteiger charge is 2.34. The van der Waals surface area contributed by atoms with E-state index in [1.165, 1.54) is 16.9 Å². The van der Waals surface area contributed by atoms with Crippen LogP contribution in [0.25, 0.3) is 10.8 Å². The van der Waals surface area contributed by atoms with Gasteiger partial charge >= 0.3 is 0 Å². The van der Waals surface area contributed by atoms with E-state index in [2.05, 4.69) is 41.8 Å². The first kappa shape index (κ1) is 18.7. The van der Waals surface area contributed by atoms with Crippen LogP contribution < -0.4 is 0 Å². The van der Waals surface area contributed by atoms with Gasteiger partial charge in [0.1, 0.15) is 0 Å². The molecule has 3 heterocycles. The van der Waals surface area contributed by atoms with E-state index in [0.717, 1.165) is 36.5 Å². The van der Waals surface area contributed by atoms with Gasteiger partial charge in [-0.3, -0.25) is 4.79 Å². The Balaban J connectivity index is 1.65. The van der Waals surface area contributed by atoms with Gasteiger partial charge in [-0.05, 0) is 44.6 Å². The number of hydrogen-bond acceptors (Lipinski definition) is 5. The summed E-state index contributed by atoms with van der Waals surface area (Å²) in [5.41, 5.74) is 2.45. The molecule has 3 rings (SSSR count). The van der Waals surface area contributed by atoms with Crippen LogP contribution in [0.4, 0.5) is 0 Å². The predicted octanol–water partition coefficient (Wildman–Crippen LogP) is 4.48. The highest BCUT2D eigenvalue weighted by atomic mass is 32.1. The summed E-state index contributed by atoms with van der Waals surface area (Å²) in [6.07, 6.45) is 9.52. The lowest BCUT2D eigenvalue weighted by Crippen LogP contribution is -2.44. The molecule has 0 radical (unpaired) electrons. The van der Waals surface area contributed by atoms with Gasteiger partial charge in [0, 0.05) is 30.7 Å². The number of thiazole rings is 1. The van der Waals surface area contributed by atoms with Crippen molar-refractivity contribution in [1.82, 2.24) is 19.9 Å². The van der Waals surface area contributed by atoms with Gasteiger partial charge in [-0.1, -0.05) is 18.6 Å². The van der Waals surface area contributed by atoms with Crippen molar-refractivity contribution in [2.75, 3.05) is 6.54 Å². The van der Waals surface area contributed by atoms with E-state index in [0.29, 0.717) is 18.8 Å². The van der Waals surface area contributed by atoms with Crippen molar-refractivity contribution in [1.29, 1.82) is 0 Å². The van der Waals surface area contributed by atoms with Crippen molar-refractivity contribution in [3.63, 3.8) is 0 Å². The molecule has 0 unspecified atom stereocenters. The van der Waals surface area contributed by atoms with Crippen molar-refractivity contribution in [3.8, 4) is 10.8 Å². The first-order chi connectivity index (χ1) is 12.5. The number of piperidine rings is 1. The molecular weight excluding hydrogens is 344 g/mol. The largest absolute Gasteiger partial charge is 0.336 e. The lowest BCUT2D eigenvalue weighted by atomic mass is 9.77. The predicted molar refractivity (Wildman–Crippen MR) is 105 cm³/mol. The van der Waals surface area contributed by atoms with Gasteiger partial charge in [0.2, 0.25) is 5.91 Å². The summed E-state index contributed by atoms with van der Waals surface area (Å²) in [5.74, 6) is 0.871. The fourth-order valence-corrected chi connectivity index (χ4v) is 4.10. The van der Waals surface area contributed by atoms with E-state index in [-0.39, 0.29) is 11.3 Å². The third kappa shape index (κ3) is 4.75. The summed E-state index contributed by atoms with van der Waals surface area (Å²) in [6, 6.07) is 1.79. The highest BCUT2D eigenvalue weighted by molar-refractivity contribution is 7.13. The maximum absolute atomic E-state index is 12.4. The molecule has 0 saturated carbocycles. The number of carbonyl (C=O) groups excluding carboxylic acids is 1. The van der Waals surface area contributed by atoms with E-state index in [1.54, 1.807) is 18.5 Å². The van der Waals surface area contributed by atoms with Crippen molar-refractivity contribution >= 4 is 17.2 Å². The molecule has 5 nitrogen and oxygen atoms in total. The molecule has 0 aromatic carbocycles. The zero-order valence-corrected chi connectivity index (χ0v) is 16.6. The second-order valence-electron chi connectivity index (χ2n) is 7.60. The summed E-state index contributed by atoms with van der Waals surface area (Å²) in [5, 5.41) is 2.81. The normalized spacial score (nSPS) is 20.3. The molecule has 1 atom stereocenters. The molecule has 1 aliphatic heterocycles. The van der Waals surface area contributed by atoms with Gasteiger partial charge in [-0.2, -0.15) is 0 Å². The summed E-state index contributed by atoms with van der Waals surface area (Å²) in [7, 11) is 0. The Hall–Kier alpha value is -2.08. The standard InChI is InChI=1S/C20H26N4OS/c1-15(2)6-4-8-20(3)9-7-17(25)24(14-20)12-16-13-26-19(23-16)18-21-10-5-11-22-18/h5-6,10-11,13H,4,7-9,12,14H2,1-3H3/t20-/m1/s1. The molecular formula is C20H26N4OS. The van der Waals surface area contributed by atoms with E-state index in [9.17, 15) is 4.79 Å². The quantitative estimate of drug-likeness (QED) is 0.704. The molecule has 1 fully saturated rings. The van der Waals surface area contributed by atoms with Crippen LogP contribution in [-0.4, -0.2) is 32.3 Å². The summed E-state index contributed by atoms with van der Waals surface area (Å²) in [4.78, 5) is 27.5. The Morgan fingerprint density at radius 2 is 2.12 bits per heavy atom. The number of carbonyl (C=O) groups is 1. The minimum absolute atomic E-state index is 0.182. The van der Waals surface area contributed by atoms with E-state index in [1.807, 2.05) is 10.3 Å². The van der Waals surface area contributed by atoms with Crippen LogP contribution in [0.5, 0.6) is 0 Å².